The zero-order chi connectivity index (χ0) is 22.2. The molecule has 4 rings (SSSR count). The number of rotatable bonds is 7. The summed E-state index contributed by atoms with van der Waals surface area (Å²) in [4.78, 5) is 9.94. The van der Waals surface area contributed by atoms with Crippen molar-refractivity contribution in [1.29, 1.82) is 0 Å². The fraction of sp³-hybridized carbons (Fsp3) is 0.111. The standard InChI is InChI=1S/C27H25N3OS/c1-21(2)22-8-10-23(11-9-22)29-27(31-25-6-4-3-5-7-25)16-19-32-26-14-12-24(13-15-26)30-18-17-28-20-30/h3-21H,1-2H3. The first-order chi connectivity index (χ1) is 15.7. The Morgan fingerprint density at radius 1 is 0.969 bits per heavy atom. The highest BCUT2D eigenvalue weighted by Gasteiger charge is 2.03. The van der Waals surface area contributed by atoms with Crippen molar-refractivity contribution in [2.45, 2.75) is 24.7 Å². The maximum absolute atomic E-state index is 6.04. The third-order valence-electron chi connectivity index (χ3n) is 4.82. The number of thioether (sulfide) groups is 1. The second-order valence-corrected chi connectivity index (χ2v) is 8.48. The van der Waals surface area contributed by atoms with Crippen LogP contribution in [-0.2, 0) is 0 Å². The summed E-state index contributed by atoms with van der Waals surface area (Å²) in [7, 11) is 0. The first kappa shape index (κ1) is 21.7. The van der Waals surface area contributed by atoms with Crippen LogP contribution in [0.4, 0.5) is 5.69 Å². The lowest BCUT2D eigenvalue weighted by molar-refractivity contribution is 0.556. The van der Waals surface area contributed by atoms with Crippen LogP contribution in [0.15, 0.2) is 119 Å². The Balaban J connectivity index is 1.49. The summed E-state index contributed by atoms with van der Waals surface area (Å²) < 4.78 is 8.02. The largest absolute Gasteiger partial charge is 0.439 e. The van der Waals surface area contributed by atoms with Gasteiger partial charge in [-0.1, -0.05) is 55.9 Å². The molecule has 0 amide bonds. The molecule has 4 nitrogen and oxygen atoms in total. The Hall–Kier alpha value is -3.57. The number of hydrogen-bond donors (Lipinski definition) is 0. The molecule has 0 bridgehead atoms. The van der Waals surface area contributed by atoms with Gasteiger partial charge in [0.05, 0.1) is 12.0 Å². The van der Waals surface area contributed by atoms with Gasteiger partial charge in [-0.25, -0.2) is 9.98 Å². The minimum absolute atomic E-state index is 0.490. The van der Waals surface area contributed by atoms with Crippen molar-refractivity contribution < 1.29 is 4.74 Å². The lowest BCUT2D eigenvalue weighted by atomic mass is 10.0. The van der Waals surface area contributed by atoms with E-state index < -0.39 is 0 Å². The predicted octanol–water partition coefficient (Wildman–Crippen LogP) is 7.41. The number of aliphatic imine (C=N–C) groups is 1. The van der Waals surface area contributed by atoms with Crippen LogP contribution in [0, 0.1) is 0 Å². The van der Waals surface area contributed by atoms with Crippen LogP contribution in [0.25, 0.3) is 5.69 Å². The number of hydrogen-bond acceptors (Lipinski definition) is 4. The van der Waals surface area contributed by atoms with E-state index in [1.54, 1.807) is 24.3 Å². The molecule has 32 heavy (non-hydrogen) atoms. The lowest BCUT2D eigenvalue weighted by Crippen LogP contribution is -2.04. The molecule has 0 unspecified atom stereocenters. The molecule has 5 heteroatoms. The molecular weight excluding hydrogens is 414 g/mol. The van der Waals surface area contributed by atoms with E-state index in [9.17, 15) is 0 Å². The first-order valence-electron chi connectivity index (χ1n) is 10.5. The third kappa shape index (κ3) is 5.99. The zero-order valence-electron chi connectivity index (χ0n) is 18.1. The van der Waals surface area contributed by atoms with E-state index in [1.165, 1.54) is 5.56 Å². The quantitative estimate of drug-likeness (QED) is 0.171. The van der Waals surface area contributed by atoms with Gasteiger partial charge in [0.1, 0.15) is 5.75 Å². The predicted molar refractivity (Wildman–Crippen MR) is 133 cm³/mol. The number of ether oxygens (including phenoxy) is 1. The van der Waals surface area contributed by atoms with Gasteiger partial charge in [0.15, 0.2) is 0 Å². The van der Waals surface area contributed by atoms with Gasteiger partial charge in [0, 0.05) is 29.1 Å². The van der Waals surface area contributed by atoms with Gasteiger partial charge < -0.3 is 9.30 Å². The van der Waals surface area contributed by atoms with E-state index in [0.717, 1.165) is 22.0 Å². The van der Waals surface area contributed by atoms with E-state index >= 15 is 0 Å². The highest BCUT2D eigenvalue weighted by atomic mass is 32.2. The van der Waals surface area contributed by atoms with Gasteiger partial charge in [-0.05, 0) is 65.4 Å². The lowest BCUT2D eigenvalue weighted by Gasteiger charge is -2.07. The van der Waals surface area contributed by atoms with Crippen molar-refractivity contribution in [2.24, 2.45) is 4.99 Å². The number of nitrogens with zero attached hydrogens (tertiary/aromatic N) is 3. The molecule has 1 heterocycles. The molecule has 0 fully saturated rings. The van der Waals surface area contributed by atoms with E-state index in [0.29, 0.717) is 11.8 Å². The Kier molecular flexibility index (Phi) is 7.20. The molecule has 1 aromatic heterocycles. The second kappa shape index (κ2) is 10.6. The van der Waals surface area contributed by atoms with E-state index in [-0.39, 0.29) is 0 Å². The van der Waals surface area contributed by atoms with Crippen LogP contribution in [0.2, 0.25) is 0 Å². The molecule has 0 aliphatic rings. The SMILES string of the molecule is CC(C)c1ccc(N=C(C=CSc2ccc(-n3ccnc3)cc2)Oc2ccccc2)cc1. The normalized spacial score (nSPS) is 11.9. The average Bonchev–Trinajstić information content (AvgIpc) is 3.35. The van der Waals surface area contributed by atoms with Crippen molar-refractivity contribution in [3.05, 3.63) is 115 Å². The highest BCUT2D eigenvalue weighted by molar-refractivity contribution is 8.02. The van der Waals surface area contributed by atoms with Crippen LogP contribution in [0.1, 0.15) is 25.3 Å². The van der Waals surface area contributed by atoms with Gasteiger partial charge in [0.25, 0.3) is 0 Å². The second-order valence-electron chi connectivity index (χ2n) is 7.50. The summed E-state index contributed by atoms with van der Waals surface area (Å²) in [5, 5.41) is 2.00. The summed E-state index contributed by atoms with van der Waals surface area (Å²) in [5.41, 5.74) is 3.23. The molecule has 0 saturated carbocycles. The fourth-order valence-corrected chi connectivity index (χ4v) is 3.68. The van der Waals surface area contributed by atoms with Crippen molar-refractivity contribution in [3.63, 3.8) is 0 Å². The number of aromatic nitrogens is 2. The molecule has 0 aliphatic heterocycles. The van der Waals surface area contributed by atoms with E-state index in [2.05, 4.69) is 55.2 Å². The minimum atomic E-state index is 0.490. The molecule has 3 aromatic carbocycles. The molecule has 0 radical (unpaired) electrons. The Bertz CT molecular complexity index is 1160. The molecule has 0 N–H and O–H groups in total. The van der Waals surface area contributed by atoms with Crippen molar-refractivity contribution in [1.82, 2.24) is 9.55 Å². The molecular formula is C27H25N3OS. The van der Waals surface area contributed by atoms with Gasteiger partial charge >= 0.3 is 0 Å². The topological polar surface area (TPSA) is 39.4 Å². The number of para-hydroxylation sites is 1. The van der Waals surface area contributed by atoms with E-state index in [1.807, 2.05) is 64.7 Å². The smallest absolute Gasteiger partial charge is 0.220 e. The molecule has 0 saturated heterocycles. The molecule has 0 aliphatic carbocycles. The third-order valence-corrected chi connectivity index (χ3v) is 5.64. The summed E-state index contributed by atoms with van der Waals surface area (Å²) in [5.74, 6) is 1.78. The van der Waals surface area contributed by atoms with E-state index in [4.69, 9.17) is 9.73 Å². The Morgan fingerprint density at radius 2 is 1.72 bits per heavy atom. The van der Waals surface area contributed by atoms with Crippen molar-refractivity contribution in [3.8, 4) is 11.4 Å². The number of benzene rings is 3. The summed E-state index contributed by atoms with van der Waals surface area (Å²) >= 11 is 1.62. The molecule has 160 valence electrons. The van der Waals surface area contributed by atoms with Gasteiger partial charge in [-0.2, -0.15) is 0 Å². The summed E-state index contributed by atoms with van der Waals surface area (Å²) in [6.45, 7) is 4.37. The van der Waals surface area contributed by atoms with Crippen LogP contribution in [0.5, 0.6) is 5.75 Å². The minimum Gasteiger partial charge on any atom is -0.439 e. The van der Waals surface area contributed by atoms with Gasteiger partial charge in [-0.3, -0.25) is 0 Å². The van der Waals surface area contributed by atoms with Crippen LogP contribution in [0.3, 0.4) is 0 Å². The monoisotopic (exact) mass is 439 g/mol. The number of imidazole rings is 1. The van der Waals surface area contributed by atoms with Crippen LogP contribution in [-0.4, -0.2) is 15.4 Å². The molecule has 4 aromatic rings. The maximum atomic E-state index is 6.04. The Labute approximate surface area is 193 Å². The fourth-order valence-electron chi connectivity index (χ4n) is 3.04. The van der Waals surface area contributed by atoms with Gasteiger partial charge in [0.2, 0.25) is 5.90 Å². The van der Waals surface area contributed by atoms with Crippen LogP contribution >= 0.6 is 11.8 Å². The average molecular weight is 440 g/mol. The van der Waals surface area contributed by atoms with Gasteiger partial charge in [-0.15, -0.1) is 0 Å². The van der Waals surface area contributed by atoms with Crippen LogP contribution < -0.4 is 4.74 Å². The highest BCUT2D eigenvalue weighted by Crippen LogP contribution is 2.23. The van der Waals surface area contributed by atoms with Crippen molar-refractivity contribution >= 4 is 23.3 Å². The summed E-state index contributed by atoms with van der Waals surface area (Å²) in [6.07, 6.45) is 7.39. The van der Waals surface area contributed by atoms with Crippen molar-refractivity contribution in [2.75, 3.05) is 0 Å². The zero-order valence-corrected chi connectivity index (χ0v) is 18.9. The molecule has 0 atom stereocenters. The Morgan fingerprint density at radius 3 is 2.38 bits per heavy atom. The maximum Gasteiger partial charge on any atom is 0.220 e. The molecule has 0 spiro atoms. The first-order valence-corrected chi connectivity index (χ1v) is 11.4. The summed E-state index contributed by atoms with van der Waals surface area (Å²) in [6, 6.07) is 26.3.